The number of aliphatic hydroxyl groups excluding tert-OH is 3. The molecule has 0 aliphatic carbocycles. The first-order valence-electron chi connectivity index (χ1n) is 14.6. The number of nitrogens with one attached hydrogen (secondary N) is 1. The maximum absolute atomic E-state index is 14.2. The van der Waals surface area contributed by atoms with Crippen LogP contribution in [0.1, 0.15) is 60.6 Å². The minimum Gasteiger partial charge on any atom is -0.469 e. The Morgan fingerprint density at radius 1 is 0.909 bits per heavy atom. The van der Waals surface area contributed by atoms with E-state index < -0.39 is 24.0 Å². The monoisotopic (exact) mass is 602 g/mol. The second-order valence-electron chi connectivity index (χ2n) is 11.1. The number of halogens is 1. The molecule has 2 atom stereocenters. The topological polar surface area (TPSA) is 121 Å². The lowest BCUT2D eigenvalue weighted by Gasteiger charge is -2.20. The summed E-state index contributed by atoms with van der Waals surface area (Å²) in [4.78, 5) is 25.8. The van der Waals surface area contributed by atoms with Crippen LogP contribution in [0.15, 0.2) is 78.9 Å². The maximum atomic E-state index is 14.2. The molecule has 1 aromatic heterocycles. The van der Waals surface area contributed by atoms with E-state index in [0.29, 0.717) is 28.1 Å². The van der Waals surface area contributed by atoms with Crippen molar-refractivity contribution in [3.8, 4) is 22.4 Å². The van der Waals surface area contributed by atoms with E-state index in [1.807, 2.05) is 48.7 Å². The molecule has 1 heterocycles. The van der Waals surface area contributed by atoms with Crippen LogP contribution in [0.4, 0.5) is 10.1 Å². The van der Waals surface area contributed by atoms with Gasteiger partial charge < -0.3 is 29.9 Å². The molecule has 0 unspecified atom stereocenters. The van der Waals surface area contributed by atoms with Gasteiger partial charge in [0.2, 0.25) is 0 Å². The quantitative estimate of drug-likeness (QED) is 0.142. The highest BCUT2D eigenvalue weighted by Crippen LogP contribution is 2.42. The highest BCUT2D eigenvalue weighted by atomic mass is 19.1. The Morgan fingerprint density at radius 3 is 2.16 bits per heavy atom. The largest absolute Gasteiger partial charge is 0.469 e. The molecule has 232 valence electrons. The van der Waals surface area contributed by atoms with Gasteiger partial charge in [0.05, 0.1) is 43.6 Å². The Morgan fingerprint density at radius 2 is 1.57 bits per heavy atom. The first-order valence-corrected chi connectivity index (χ1v) is 14.6. The number of ether oxygens (including phenoxy) is 1. The van der Waals surface area contributed by atoms with Gasteiger partial charge >= 0.3 is 5.97 Å². The molecular weight excluding hydrogens is 563 g/mol. The Labute approximate surface area is 256 Å². The number of anilines is 1. The molecule has 0 aliphatic rings. The van der Waals surface area contributed by atoms with E-state index >= 15 is 0 Å². The van der Waals surface area contributed by atoms with Gasteiger partial charge in [0.15, 0.2) is 0 Å². The van der Waals surface area contributed by atoms with Crippen molar-refractivity contribution in [3.05, 3.63) is 102 Å². The first kappa shape index (κ1) is 32.6. The van der Waals surface area contributed by atoms with Crippen molar-refractivity contribution in [2.45, 2.75) is 64.4 Å². The Bertz CT molecular complexity index is 1550. The number of aliphatic hydroxyl groups is 3. The number of esters is 1. The predicted octanol–water partition coefficient (Wildman–Crippen LogP) is 5.89. The van der Waals surface area contributed by atoms with Gasteiger partial charge in [-0.1, -0.05) is 56.3 Å². The number of carbonyl (C=O) groups is 2. The summed E-state index contributed by atoms with van der Waals surface area (Å²) in [5.41, 5.74) is 5.32. The smallest absolute Gasteiger partial charge is 0.308 e. The predicted molar refractivity (Wildman–Crippen MR) is 168 cm³/mol. The third-order valence-electron chi connectivity index (χ3n) is 7.51. The molecular formula is C35H39FN2O6. The summed E-state index contributed by atoms with van der Waals surface area (Å²) in [6.07, 6.45) is -2.04. The van der Waals surface area contributed by atoms with Gasteiger partial charge in [-0.05, 0) is 71.8 Å². The Hall–Kier alpha value is -4.31. The van der Waals surface area contributed by atoms with Gasteiger partial charge in [0, 0.05) is 23.5 Å². The third kappa shape index (κ3) is 7.79. The van der Waals surface area contributed by atoms with Crippen molar-refractivity contribution < 1.29 is 34.0 Å². The number of benzene rings is 3. The molecule has 0 spiro atoms. The van der Waals surface area contributed by atoms with Crippen LogP contribution >= 0.6 is 0 Å². The van der Waals surface area contributed by atoms with Crippen molar-refractivity contribution in [1.82, 2.24) is 4.57 Å². The Balaban J connectivity index is 1.85. The summed E-state index contributed by atoms with van der Waals surface area (Å²) in [7, 11) is 1.24. The lowest BCUT2D eigenvalue weighted by molar-refractivity contribution is -0.143. The van der Waals surface area contributed by atoms with Crippen LogP contribution in [0.5, 0.6) is 0 Å². The van der Waals surface area contributed by atoms with Crippen molar-refractivity contribution in [3.63, 3.8) is 0 Å². The fraction of sp³-hybridized carbons (Fsp3) is 0.314. The summed E-state index contributed by atoms with van der Waals surface area (Å²) in [6, 6.07) is 22.5. The number of nitrogens with zero attached hydrogens (tertiary/aromatic N) is 1. The van der Waals surface area contributed by atoms with E-state index in [-0.39, 0.29) is 44.2 Å². The first-order chi connectivity index (χ1) is 21.1. The van der Waals surface area contributed by atoms with Gasteiger partial charge in [-0.2, -0.15) is 0 Å². The van der Waals surface area contributed by atoms with Crippen LogP contribution in [0.2, 0.25) is 0 Å². The molecule has 3 aromatic carbocycles. The van der Waals surface area contributed by atoms with E-state index in [1.54, 1.807) is 36.4 Å². The molecule has 8 nitrogen and oxygen atoms in total. The minimum absolute atomic E-state index is 0.0258. The van der Waals surface area contributed by atoms with Gasteiger partial charge in [-0.3, -0.25) is 9.59 Å². The molecule has 4 aromatic rings. The highest BCUT2D eigenvalue weighted by molar-refractivity contribution is 6.12. The molecule has 0 saturated heterocycles. The SMILES string of the molecule is COC(=O)C[C@H](O)C[C@H](O)CCn1c(-c2ccc(F)cc2)c(-c2ccccc2)c(C(=O)Nc2ccc(CO)cc2)c1C(C)C. The molecule has 0 fully saturated rings. The normalized spacial score (nSPS) is 12.6. The average molecular weight is 603 g/mol. The molecule has 0 radical (unpaired) electrons. The summed E-state index contributed by atoms with van der Waals surface area (Å²) in [5, 5.41) is 33.6. The van der Waals surface area contributed by atoms with Crippen molar-refractivity contribution in [2.24, 2.45) is 0 Å². The second kappa shape index (κ2) is 14.9. The molecule has 0 saturated carbocycles. The van der Waals surface area contributed by atoms with Crippen molar-refractivity contribution >= 4 is 17.6 Å². The van der Waals surface area contributed by atoms with Crippen molar-refractivity contribution in [2.75, 3.05) is 12.4 Å². The fourth-order valence-electron chi connectivity index (χ4n) is 5.45. The lowest BCUT2D eigenvalue weighted by Crippen LogP contribution is -2.23. The highest BCUT2D eigenvalue weighted by Gasteiger charge is 2.31. The van der Waals surface area contributed by atoms with Crippen LogP contribution < -0.4 is 5.32 Å². The summed E-state index contributed by atoms with van der Waals surface area (Å²) in [6.45, 7) is 4.14. The van der Waals surface area contributed by atoms with Crippen LogP contribution in [0.3, 0.4) is 0 Å². The molecule has 0 aliphatic heterocycles. The number of methoxy groups -OCH3 is 1. The average Bonchev–Trinajstić information content (AvgIpc) is 3.36. The zero-order chi connectivity index (χ0) is 31.8. The van der Waals surface area contributed by atoms with Gasteiger partial charge in [0.1, 0.15) is 5.82 Å². The van der Waals surface area contributed by atoms with E-state index in [1.165, 1.54) is 19.2 Å². The van der Waals surface area contributed by atoms with Gasteiger partial charge in [0.25, 0.3) is 5.91 Å². The van der Waals surface area contributed by atoms with Crippen LogP contribution in [0, 0.1) is 5.82 Å². The van der Waals surface area contributed by atoms with E-state index in [2.05, 4.69) is 10.1 Å². The number of aromatic nitrogens is 1. The van der Waals surface area contributed by atoms with E-state index in [0.717, 1.165) is 16.8 Å². The summed E-state index contributed by atoms with van der Waals surface area (Å²) in [5.74, 6) is -1.42. The summed E-state index contributed by atoms with van der Waals surface area (Å²) < 4.78 is 20.7. The van der Waals surface area contributed by atoms with E-state index in [9.17, 15) is 29.3 Å². The van der Waals surface area contributed by atoms with E-state index in [4.69, 9.17) is 0 Å². The second-order valence-corrected chi connectivity index (χ2v) is 11.1. The third-order valence-corrected chi connectivity index (χ3v) is 7.51. The zero-order valence-electron chi connectivity index (χ0n) is 25.2. The molecule has 44 heavy (non-hydrogen) atoms. The molecule has 4 N–H and O–H groups in total. The van der Waals surface area contributed by atoms with Crippen LogP contribution in [-0.4, -0.2) is 51.1 Å². The molecule has 0 bridgehead atoms. The van der Waals surface area contributed by atoms with Crippen LogP contribution in [-0.2, 0) is 22.7 Å². The van der Waals surface area contributed by atoms with Gasteiger partial charge in [-0.25, -0.2) is 4.39 Å². The maximum Gasteiger partial charge on any atom is 0.308 e. The van der Waals surface area contributed by atoms with Crippen molar-refractivity contribution in [1.29, 1.82) is 0 Å². The summed E-state index contributed by atoms with van der Waals surface area (Å²) >= 11 is 0. The molecule has 4 rings (SSSR count). The lowest BCUT2D eigenvalue weighted by atomic mass is 9.94. The molecule has 9 heteroatoms. The zero-order valence-corrected chi connectivity index (χ0v) is 25.2. The number of hydrogen-bond donors (Lipinski definition) is 4. The number of carbonyl (C=O) groups excluding carboxylic acids is 2. The minimum atomic E-state index is -1.07. The standard InChI is InChI=1S/C35H39FN2O6/c1-22(2)33-32(35(43)37-27-15-9-23(21-39)10-16-27)31(24-7-5-4-6-8-24)34(25-11-13-26(36)14-12-25)38(33)18-17-28(40)19-29(41)20-30(42)44-3/h4-16,22,28-29,39-41H,17-21H2,1-3H3,(H,37,43)/t28-,29-/m1/s1. The van der Waals surface area contributed by atoms with Crippen LogP contribution in [0.25, 0.3) is 22.4 Å². The fourth-order valence-corrected chi connectivity index (χ4v) is 5.45. The number of hydrogen-bond acceptors (Lipinski definition) is 6. The van der Waals surface area contributed by atoms with Gasteiger partial charge in [-0.15, -0.1) is 0 Å². The Kier molecular flexibility index (Phi) is 11.1. The number of rotatable bonds is 13. The number of amides is 1. The molecule has 1 amide bonds.